The smallest absolute Gasteiger partial charge is 0.311 e. The highest BCUT2D eigenvalue weighted by atomic mass is 16.5. The molecule has 1 aliphatic rings. The minimum atomic E-state index is -0.214. The van der Waals surface area contributed by atoms with E-state index in [-0.39, 0.29) is 17.6 Å². The second-order valence-corrected chi connectivity index (χ2v) is 8.98. The molecule has 0 heterocycles. The van der Waals surface area contributed by atoms with Gasteiger partial charge in [0, 0.05) is 18.5 Å². The number of hydrogen-bond acceptors (Lipinski definition) is 5. The number of benzene rings is 3. The number of nitrogens with one attached hydrogen (secondary N) is 1. The molecule has 1 aliphatic carbocycles. The first-order valence-corrected chi connectivity index (χ1v) is 12.1. The van der Waals surface area contributed by atoms with Gasteiger partial charge in [-0.2, -0.15) is 0 Å². The van der Waals surface area contributed by atoms with Gasteiger partial charge >= 0.3 is 5.97 Å². The molecule has 1 saturated carbocycles. The van der Waals surface area contributed by atoms with Gasteiger partial charge in [-0.3, -0.25) is 9.59 Å². The summed E-state index contributed by atoms with van der Waals surface area (Å²) in [7, 11) is 1.48. The minimum absolute atomic E-state index is 0.0529. The first-order valence-electron chi connectivity index (χ1n) is 12.1. The van der Waals surface area contributed by atoms with Crippen LogP contribution in [0, 0.1) is 5.92 Å². The van der Waals surface area contributed by atoms with Crippen molar-refractivity contribution in [2.45, 2.75) is 45.1 Å². The third-order valence-electron chi connectivity index (χ3n) is 6.40. The van der Waals surface area contributed by atoms with Gasteiger partial charge in [-0.15, -0.1) is 0 Å². The van der Waals surface area contributed by atoms with Crippen molar-refractivity contribution in [2.24, 2.45) is 5.92 Å². The molecular formula is C29H31NO5. The fourth-order valence-electron chi connectivity index (χ4n) is 4.50. The van der Waals surface area contributed by atoms with E-state index in [0.717, 1.165) is 29.5 Å². The molecule has 0 spiro atoms. The molecule has 3 aromatic carbocycles. The van der Waals surface area contributed by atoms with Gasteiger partial charge in [-0.05, 0) is 71.8 Å². The van der Waals surface area contributed by atoms with Crippen LogP contribution in [0.3, 0.4) is 0 Å². The molecule has 6 nitrogen and oxygen atoms in total. The summed E-state index contributed by atoms with van der Waals surface area (Å²) in [5.41, 5.74) is 3.06. The molecule has 1 fully saturated rings. The van der Waals surface area contributed by atoms with Crippen molar-refractivity contribution >= 4 is 11.9 Å². The quantitative estimate of drug-likeness (QED) is 0.316. The van der Waals surface area contributed by atoms with Crippen LogP contribution in [-0.4, -0.2) is 24.1 Å². The molecule has 1 amide bonds. The maximum absolute atomic E-state index is 12.8. The predicted octanol–water partition coefficient (Wildman–Crippen LogP) is 5.87. The van der Waals surface area contributed by atoms with Crippen molar-refractivity contribution in [3.05, 3.63) is 77.9 Å². The molecule has 0 aromatic heterocycles. The van der Waals surface area contributed by atoms with Crippen LogP contribution in [0.25, 0.3) is 11.1 Å². The Kier molecular flexibility index (Phi) is 8.03. The van der Waals surface area contributed by atoms with E-state index in [4.69, 9.17) is 9.47 Å². The second kappa shape index (κ2) is 11.6. The van der Waals surface area contributed by atoms with E-state index in [1.807, 2.05) is 36.4 Å². The summed E-state index contributed by atoms with van der Waals surface area (Å²) in [5.74, 6) is 0.953. The van der Waals surface area contributed by atoms with E-state index >= 15 is 0 Å². The Morgan fingerprint density at radius 2 is 1.69 bits per heavy atom. The number of phenols is 1. The van der Waals surface area contributed by atoms with Gasteiger partial charge < -0.3 is 19.9 Å². The third kappa shape index (κ3) is 6.63. The summed E-state index contributed by atoms with van der Waals surface area (Å²) >= 11 is 0. The van der Waals surface area contributed by atoms with Crippen LogP contribution in [0.2, 0.25) is 0 Å². The van der Waals surface area contributed by atoms with Gasteiger partial charge in [-0.25, -0.2) is 0 Å². The maximum Gasteiger partial charge on any atom is 0.311 e. The summed E-state index contributed by atoms with van der Waals surface area (Å²) in [4.78, 5) is 25.2. The zero-order valence-corrected chi connectivity index (χ0v) is 20.0. The van der Waals surface area contributed by atoms with E-state index in [1.165, 1.54) is 32.4 Å². The van der Waals surface area contributed by atoms with Crippen molar-refractivity contribution in [3.8, 4) is 28.4 Å². The SMILES string of the molecule is COc1cc(CNC(=O)c2cccc(-c3cccc(OC(=O)CC4CCCCC4)c3)c2)ccc1O. The Hall–Kier alpha value is -3.80. The Morgan fingerprint density at radius 3 is 2.46 bits per heavy atom. The Balaban J connectivity index is 1.39. The zero-order valence-electron chi connectivity index (χ0n) is 20.0. The molecule has 0 bridgehead atoms. The highest BCUT2D eigenvalue weighted by molar-refractivity contribution is 5.95. The van der Waals surface area contributed by atoms with Crippen LogP contribution >= 0.6 is 0 Å². The van der Waals surface area contributed by atoms with Crippen LogP contribution < -0.4 is 14.8 Å². The highest BCUT2D eigenvalue weighted by Gasteiger charge is 2.18. The number of rotatable bonds is 8. The highest BCUT2D eigenvalue weighted by Crippen LogP contribution is 2.29. The molecule has 0 radical (unpaired) electrons. The van der Waals surface area contributed by atoms with Gasteiger partial charge in [0.25, 0.3) is 5.91 Å². The monoisotopic (exact) mass is 473 g/mol. The fraction of sp³-hybridized carbons (Fsp3) is 0.310. The number of methoxy groups -OCH3 is 1. The van der Waals surface area contributed by atoms with Crippen molar-refractivity contribution in [3.63, 3.8) is 0 Å². The van der Waals surface area contributed by atoms with E-state index in [9.17, 15) is 14.7 Å². The van der Waals surface area contributed by atoms with Crippen LogP contribution in [-0.2, 0) is 11.3 Å². The van der Waals surface area contributed by atoms with E-state index in [1.54, 1.807) is 24.3 Å². The molecule has 3 aromatic rings. The van der Waals surface area contributed by atoms with Crippen LogP contribution in [0.4, 0.5) is 0 Å². The Bertz CT molecular complexity index is 1180. The number of aromatic hydroxyl groups is 1. The molecule has 0 saturated heterocycles. The lowest BCUT2D eigenvalue weighted by molar-refractivity contribution is -0.135. The van der Waals surface area contributed by atoms with Gasteiger partial charge in [0.15, 0.2) is 11.5 Å². The Labute approximate surface area is 205 Å². The third-order valence-corrected chi connectivity index (χ3v) is 6.40. The largest absolute Gasteiger partial charge is 0.504 e. The van der Waals surface area contributed by atoms with E-state index < -0.39 is 0 Å². The summed E-state index contributed by atoms with van der Waals surface area (Å²) in [6, 6.07) is 19.7. The molecule has 0 atom stereocenters. The van der Waals surface area contributed by atoms with Gasteiger partial charge in [0.2, 0.25) is 0 Å². The lowest BCUT2D eigenvalue weighted by Gasteiger charge is -2.20. The number of carbonyl (C=O) groups is 2. The maximum atomic E-state index is 12.8. The summed E-state index contributed by atoms with van der Waals surface area (Å²) in [6.45, 7) is 0.298. The molecule has 2 N–H and O–H groups in total. The number of amides is 1. The van der Waals surface area contributed by atoms with Gasteiger partial charge in [0.05, 0.1) is 7.11 Å². The summed E-state index contributed by atoms with van der Waals surface area (Å²) in [5, 5.41) is 12.6. The summed E-state index contributed by atoms with van der Waals surface area (Å²) < 4.78 is 10.7. The zero-order chi connectivity index (χ0) is 24.6. The fourth-order valence-corrected chi connectivity index (χ4v) is 4.50. The molecule has 4 rings (SSSR count). The van der Waals surface area contributed by atoms with Crippen molar-refractivity contribution in [1.29, 1.82) is 0 Å². The number of carbonyl (C=O) groups excluding carboxylic acids is 2. The number of hydrogen-bond donors (Lipinski definition) is 2. The first kappa shape index (κ1) is 24.3. The van der Waals surface area contributed by atoms with E-state index in [2.05, 4.69) is 5.32 Å². The number of esters is 1. The summed E-state index contributed by atoms with van der Waals surface area (Å²) in [6.07, 6.45) is 6.32. The topological polar surface area (TPSA) is 84.9 Å². The average Bonchev–Trinajstić information content (AvgIpc) is 2.88. The van der Waals surface area contributed by atoms with Crippen LogP contribution in [0.5, 0.6) is 17.2 Å². The van der Waals surface area contributed by atoms with Crippen molar-refractivity contribution in [2.75, 3.05) is 7.11 Å². The molecule has 35 heavy (non-hydrogen) atoms. The minimum Gasteiger partial charge on any atom is -0.504 e. The molecule has 0 aliphatic heterocycles. The molecule has 0 unspecified atom stereocenters. The molecule has 182 valence electrons. The van der Waals surface area contributed by atoms with E-state index in [0.29, 0.717) is 35.9 Å². The average molecular weight is 474 g/mol. The number of phenolic OH excluding ortho intramolecular Hbond substituents is 1. The lowest BCUT2D eigenvalue weighted by Crippen LogP contribution is -2.22. The normalized spacial score (nSPS) is 13.7. The predicted molar refractivity (Wildman–Crippen MR) is 135 cm³/mol. The van der Waals surface area contributed by atoms with Gasteiger partial charge in [-0.1, -0.05) is 49.6 Å². The molecule has 6 heteroatoms. The number of ether oxygens (including phenoxy) is 2. The standard InChI is InChI=1S/C29H31NO5/c1-34-27-15-21(13-14-26(27)31)19-30-29(33)24-11-5-9-22(17-24)23-10-6-12-25(18-23)35-28(32)16-20-7-3-2-4-8-20/h5-6,9-15,17-18,20,31H,2-4,7-8,16,19H2,1H3,(H,30,33). The molecular weight excluding hydrogens is 442 g/mol. The first-order chi connectivity index (χ1) is 17.0. The van der Waals surface area contributed by atoms with Crippen LogP contribution in [0.1, 0.15) is 54.4 Å². The van der Waals surface area contributed by atoms with Crippen LogP contribution in [0.15, 0.2) is 66.7 Å². The lowest BCUT2D eigenvalue weighted by atomic mass is 9.87. The van der Waals surface area contributed by atoms with Crippen molar-refractivity contribution < 1.29 is 24.2 Å². The van der Waals surface area contributed by atoms with Gasteiger partial charge in [0.1, 0.15) is 5.75 Å². The van der Waals surface area contributed by atoms with Crippen molar-refractivity contribution in [1.82, 2.24) is 5.32 Å². The Morgan fingerprint density at radius 1 is 0.943 bits per heavy atom. The second-order valence-electron chi connectivity index (χ2n) is 8.98.